The summed E-state index contributed by atoms with van der Waals surface area (Å²) in [6.07, 6.45) is -2.88. The van der Waals surface area contributed by atoms with Crippen LogP contribution in [0.4, 0.5) is 18.9 Å². The highest BCUT2D eigenvalue weighted by atomic mass is 19.4. The van der Waals surface area contributed by atoms with Crippen LogP contribution in [0.15, 0.2) is 24.3 Å². The Balaban J connectivity index is 2.09. The fraction of sp³-hybridized carbons (Fsp3) is 0.500. The van der Waals surface area contributed by atoms with E-state index in [-0.39, 0.29) is 24.3 Å². The van der Waals surface area contributed by atoms with Gasteiger partial charge in [0.15, 0.2) is 0 Å². The van der Waals surface area contributed by atoms with Crippen LogP contribution < -0.4 is 4.90 Å². The van der Waals surface area contributed by atoms with E-state index in [1.165, 1.54) is 17.0 Å². The van der Waals surface area contributed by atoms with Crippen molar-refractivity contribution in [3.8, 4) is 0 Å². The Morgan fingerprint density at radius 3 is 2.52 bits per heavy atom. The summed E-state index contributed by atoms with van der Waals surface area (Å²) in [6, 6.07) is 4.32. The number of benzene rings is 1. The lowest BCUT2D eigenvalue weighted by Crippen LogP contribution is -2.33. The normalized spacial score (nSPS) is 18.3. The quantitative estimate of drug-likeness (QED) is 0.776. The molecule has 7 heteroatoms. The number of esters is 1. The Morgan fingerprint density at radius 2 is 1.96 bits per heavy atom. The van der Waals surface area contributed by atoms with Crippen molar-refractivity contribution in [2.24, 2.45) is 0 Å². The lowest BCUT2D eigenvalue weighted by Gasteiger charge is -2.25. The Kier molecular flexibility index (Phi) is 5.28. The van der Waals surface area contributed by atoms with Gasteiger partial charge in [-0.15, -0.1) is 0 Å². The van der Waals surface area contributed by atoms with E-state index in [2.05, 4.69) is 0 Å². The number of amides is 1. The fourth-order valence-corrected chi connectivity index (χ4v) is 2.70. The van der Waals surface area contributed by atoms with Gasteiger partial charge in [0.25, 0.3) is 0 Å². The molecule has 1 aliphatic rings. The first kappa shape index (κ1) is 17.3. The molecule has 0 spiro atoms. The van der Waals surface area contributed by atoms with Crippen molar-refractivity contribution in [3.63, 3.8) is 0 Å². The Morgan fingerprint density at radius 1 is 1.30 bits per heavy atom. The third kappa shape index (κ3) is 4.24. The van der Waals surface area contributed by atoms with E-state index < -0.39 is 11.7 Å². The molecule has 4 nitrogen and oxygen atoms in total. The van der Waals surface area contributed by atoms with E-state index in [0.29, 0.717) is 31.6 Å². The van der Waals surface area contributed by atoms with Crippen LogP contribution in [0.3, 0.4) is 0 Å². The number of rotatable bonds is 5. The zero-order valence-corrected chi connectivity index (χ0v) is 12.7. The summed E-state index contributed by atoms with van der Waals surface area (Å²) in [5.74, 6) is -0.474. The van der Waals surface area contributed by atoms with Gasteiger partial charge in [0, 0.05) is 24.6 Å². The minimum Gasteiger partial charge on any atom is -0.466 e. The molecule has 1 unspecified atom stereocenters. The van der Waals surface area contributed by atoms with Gasteiger partial charge in [-0.1, -0.05) is 0 Å². The van der Waals surface area contributed by atoms with Crippen LogP contribution >= 0.6 is 0 Å². The van der Waals surface area contributed by atoms with Crippen LogP contribution in [-0.2, 0) is 20.5 Å². The molecule has 23 heavy (non-hydrogen) atoms. The summed E-state index contributed by atoms with van der Waals surface area (Å²) >= 11 is 0. The maximum atomic E-state index is 12.6. The first-order valence-corrected chi connectivity index (χ1v) is 7.48. The summed E-state index contributed by atoms with van der Waals surface area (Å²) in [4.78, 5) is 24.9. The largest absolute Gasteiger partial charge is 0.466 e. The number of nitrogens with zero attached hydrogens (tertiary/aromatic N) is 1. The average Bonchev–Trinajstić information content (AvgIpc) is 2.85. The molecule has 1 aromatic carbocycles. The molecule has 0 N–H and O–H groups in total. The van der Waals surface area contributed by atoms with Gasteiger partial charge in [-0.3, -0.25) is 9.59 Å². The van der Waals surface area contributed by atoms with Crippen molar-refractivity contribution in [1.29, 1.82) is 0 Å². The van der Waals surface area contributed by atoms with Crippen LogP contribution in [0.25, 0.3) is 0 Å². The average molecular weight is 329 g/mol. The van der Waals surface area contributed by atoms with Crippen LogP contribution in [0.1, 0.15) is 38.2 Å². The van der Waals surface area contributed by atoms with Crippen molar-refractivity contribution in [3.05, 3.63) is 29.8 Å². The van der Waals surface area contributed by atoms with Crippen LogP contribution in [0.2, 0.25) is 0 Å². The van der Waals surface area contributed by atoms with E-state index in [4.69, 9.17) is 4.74 Å². The minimum absolute atomic E-state index is 0.140. The summed E-state index contributed by atoms with van der Waals surface area (Å²) in [5, 5.41) is 0. The van der Waals surface area contributed by atoms with Gasteiger partial charge in [0.1, 0.15) is 0 Å². The second kappa shape index (κ2) is 7.02. The zero-order valence-electron chi connectivity index (χ0n) is 12.7. The van der Waals surface area contributed by atoms with Gasteiger partial charge in [0.2, 0.25) is 5.91 Å². The van der Waals surface area contributed by atoms with E-state index in [1.807, 2.05) is 0 Å². The predicted molar refractivity (Wildman–Crippen MR) is 77.8 cm³/mol. The number of carbonyl (C=O) groups is 2. The van der Waals surface area contributed by atoms with E-state index >= 15 is 0 Å². The van der Waals surface area contributed by atoms with Gasteiger partial charge >= 0.3 is 12.1 Å². The molecule has 0 aromatic heterocycles. The number of anilines is 1. The van der Waals surface area contributed by atoms with Crippen LogP contribution in [-0.4, -0.2) is 24.5 Å². The van der Waals surface area contributed by atoms with Crippen molar-refractivity contribution in [2.45, 2.75) is 44.8 Å². The molecular formula is C16H18F3NO3. The first-order valence-electron chi connectivity index (χ1n) is 7.48. The minimum atomic E-state index is -4.41. The van der Waals surface area contributed by atoms with Gasteiger partial charge in [0.05, 0.1) is 12.2 Å². The second-order valence-electron chi connectivity index (χ2n) is 5.34. The Labute approximate surface area is 132 Å². The molecule has 1 atom stereocenters. The molecule has 1 aliphatic heterocycles. The maximum Gasteiger partial charge on any atom is 0.416 e. The molecule has 126 valence electrons. The van der Waals surface area contributed by atoms with Crippen molar-refractivity contribution < 1.29 is 27.5 Å². The van der Waals surface area contributed by atoms with E-state index in [0.717, 1.165) is 12.1 Å². The van der Waals surface area contributed by atoms with Crippen LogP contribution in [0, 0.1) is 0 Å². The third-order valence-electron chi connectivity index (χ3n) is 3.79. The number of halogens is 3. The lowest BCUT2D eigenvalue weighted by molar-refractivity contribution is -0.143. The third-order valence-corrected chi connectivity index (χ3v) is 3.79. The fourth-order valence-electron chi connectivity index (χ4n) is 2.70. The number of hydrogen-bond donors (Lipinski definition) is 0. The number of hydrogen-bond acceptors (Lipinski definition) is 3. The Hall–Kier alpha value is -2.05. The monoisotopic (exact) mass is 329 g/mol. The highest BCUT2D eigenvalue weighted by Crippen LogP contribution is 2.33. The molecule has 0 saturated carbocycles. The highest BCUT2D eigenvalue weighted by Gasteiger charge is 2.34. The van der Waals surface area contributed by atoms with E-state index in [9.17, 15) is 22.8 Å². The van der Waals surface area contributed by atoms with Crippen molar-refractivity contribution >= 4 is 17.6 Å². The number of alkyl halides is 3. The topological polar surface area (TPSA) is 46.6 Å². The molecular weight excluding hydrogens is 311 g/mol. The molecule has 1 saturated heterocycles. The van der Waals surface area contributed by atoms with Gasteiger partial charge in [-0.2, -0.15) is 13.2 Å². The van der Waals surface area contributed by atoms with E-state index in [1.54, 1.807) is 6.92 Å². The molecule has 1 heterocycles. The smallest absolute Gasteiger partial charge is 0.416 e. The maximum absolute atomic E-state index is 12.6. The van der Waals surface area contributed by atoms with Gasteiger partial charge in [-0.25, -0.2) is 0 Å². The summed E-state index contributed by atoms with van der Waals surface area (Å²) in [7, 11) is 0. The molecule has 1 amide bonds. The highest BCUT2D eigenvalue weighted by molar-refractivity contribution is 5.96. The molecule has 1 fully saturated rings. The number of ether oxygens (including phenoxy) is 1. The lowest BCUT2D eigenvalue weighted by atomic mass is 10.1. The first-order chi connectivity index (χ1) is 10.8. The van der Waals surface area contributed by atoms with Gasteiger partial charge < -0.3 is 9.64 Å². The molecule has 1 aromatic rings. The molecule has 0 bridgehead atoms. The molecule has 2 rings (SSSR count). The molecule has 0 radical (unpaired) electrons. The zero-order chi connectivity index (χ0) is 17.0. The molecule has 0 aliphatic carbocycles. The second-order valence-corrected chi connectivity index (χ2v) is 5.34. The summed E-state index contributed by atoms with van der Waals surface area (Å²) in [6.45, 7) is 2.01. The number of carbonyl (C=O) groups excluding carboxylic acids is 2. The van der Waals surface area contributed by atoms with Crippen molar-refractivity contribution in [1.82, 2.24) is 0 Å². The standard InChI is InChI=1S/C16H18F3NO3/c1-2-23-15(22)10-8-13-7-9-14(21)20(13)12-5-3-11(4-6-12)16(17,18)19/h3-6,13H,2,7-10H2,1H3. The Bertz CT molecular complexity index is 569. The van der Waals surface area contributed by atoms with Crippen LogP contribution in [0.5, 0.6) is 0 Å². The SMILES string of the molecule is CCOC(=O)CCC1CCC(=O)N1c1ccc(C(F)(F)F)cc1. The summed E-state index contributed by atoms with van der Waals surface area (Å²) < 4.78 is 42.7. The van der Waals surface area contributed by atoms with Crippen molar-refractivity contribution in [2.75, 3.05) is 11.5 Å². The predicted octanol–water partition coefficient (Wildman–Crippen LogP) is 3.54. The van der Waals surface area contributed by atoms with Gasteiger partial charge in [-0.05, 0) is 44.0 Å². The summed E-state index contributed by atoms with van der Waals surface area (Å²) in [5.41, 5.74) is -0.328.